The summed E-state index contributed by atoms with van der Waals surface area (Å²) in [6.07, 6.45) is 1.26. The minimum absolute atomic E-state index is 0.0265. The number of hydrogen-bond donors (Lipinski definition) is 0. The second kappa shape index (κ2) is 6.97. The fourth-order valence-electron chi connectivity index (χ4n) is 1.69. The van der Waals surface area contributed by atoms with Gasteiger partial charge in [-0.2, -0.15) is 0 Å². The maximum atomic E-state index is 12.3. The molecule has 1 aromatic rings. The number of ether oxygens (including phenoxy) is 2. The lowest BCUT2D eigenvalue weighted by atomic mass is 10.0. The second-order valence-electron chi connectivity index (χ2n) is 5.38. The van der Waals surface area contributed by atoms with Gasteiger partial charge < -0.3 is 9.47 Å². The molecule has 0 radical (unpaired) electrons. The van der Waals surface area contributed by atoms with E-state index in [-0.39, 0.29) is 12.3 Å². The zero-order valence-corrected chi connectivity index (χ0v) is 12.9. The van der Waals surface area contributed by atoms with Gasteiger partial charge in [0.1, 0.15) is 11.3 Å². The molecule has 120 valence electrons. The standard InChI is InChI=1S/C14H18N2O6/c1-5-21-12(17)10(13(18)22-14(2,3)4)11-9(16(19)20)7-6-8-15-11/h6-8,10H,5H2,1-4H3/t10-/m1/s1. The molecule has 0 bridgehead atoms. The van der Waals surface area contributed by atoms with E-state index in [2.05, 4.69) is 4.98 Å². The monoisotopic (exact) mass is 310 g/mol. The molecule has 1 rings (SSSR count). The van der Waals surface area contributed by atoms with Gasteiger partial charge in [-0.3, -0.25) is 24.7 Å². The lowest BCUT2D eigenvalue weighted by Gasteiger charge is -2.22. The Morgan fingerprint density at radius 2 is 2.00 bits per heavy atom. The molecule has 0 fully saturated rings. The molecule has 0 aliphatic heterocycles. The summed E-state index contributed by atoms with van der Waals surface area (Å²) in [5, 5.41) is 11.1. The highest BCUT2D eigenvalue weighted by molar-refractivity contribution is 6.01. The third kappa shape index (κ3) is 4.51. The predicted octanol–water partition coefficient (Wildman–Crippen LogP) is 1.98. The molecule has 1 atom stereocenters. The number of carbonyl (C=O) groups excluding carboxylic acids is 2. The maximum absolute atomic E-state index is 12.3. The molecular formula is C14H18N2O6. The molecule has 0 amide bonds. The lowest BCUT2D eigenvalue weighted by Crippen LogP contribution is -2.33. The van der Waals surface area contributed by atoms with E-state index in [1.54, 1.807) is 27.7 Å². The van der Waals surface area contributed by atoms with Crippen molar-refractivity contribution in [1.82, 2.24) is 4.98 Å². The first-order chi connectivity index (χ1) is 10.2. The molecule has 22 heavy (non-hydrogen) atoms. The maximum Gasteiger partial charge on any atom is 0.327 e. The van der Waals surface area contributed by atoms with Crippen molar-refractivity contribution in [3.8, 4) is 0 Å². The molecule has 8 heteroatoms. The summed E-state index contributed by atoms with van der Waals surface area (Å²) >= 11 is 0. The molecule has 0 N–H and O–H groups in total. The summed E-state index contributed by atoms with van der Waals surface area (Å²) in [4.78, 5) is 38.5. The SMILES string of the molecule is CCOC(=O)[C@H](C(=O)OC(C)(C)C)c1ncccc1[N+](=O)[O-]. The average Bonchev–Trinajstić information content (AvgIpc) is 2.37. The van der Waals surface area contributed by atoms with Crippen LogP contribution < -0.4 is 0 Å². The number of nitro groups is 1. The quantitative estimate of drug-likeness (QED) is 0.354. The average molecular weight is 310 g/mol. The largest absolute Gasteiger partial charge is 0.465 e. The van der Waals surface area contributed by atoms with Gasteiger partial charge in [-0.1, -0.05) is 0 Å². The summed E-state index contributed by atoms with van der Waals surface area (Å²) in [6.45, 7) is 6.47. The van der Waals surface area contributed by atoms with Crippen molar-refractivity contribution in [3.63, 3.8) is 0 Å². The number of nitrogens with zero attached hydrogens (tertiary/aromatic N) is 2. The van der Waals surface area contributed by atoms with Crippen molar-refractivity contribution in [2.45, 2.75) is 39.2 Å². The molecule has 0 aromatic carbocycles. The molecule has 1 aromatic heterocycles. The molecule has 0 saturated heterocycles. The normalized spacial score (nSPS) is 12.4. The Morgan fingerprint density at radius 1 is 1.36 bits per heavy atom. The van der Waals surface area contributed by atoms with Crippen LogP contribution in [-0.2, 0) is 19.1 Å². The lowest BCUT2D eigenvalue weighted by molar-refractivity contribution is -0.386. The first-order valence-corrected chi connectivity index (χ1v) is 6.66. The van der Waals surface area contributed by atoms with Crippen molar-refractivity contribution in [2.24, 2.45) is 0 Å². The van der Waals surface area contributed by atoms with Crippen LogP contribution >= 0.6 is 0 Å². The Morgan fingerprint density at radius 3 is 2.50 bits per heavy atom. The fraction of sp³-hybridized carbons (Fsp3) is 0.500. The summed E-state index contributed by atoms with van der Waals surface area (Å²) in [7, 11) is 0. The van der Waals surface area contributed by atoms with Crippen molar-refractivity contribution in [3.05, 3.63) is 34.1 Å². The molecule has 0 spiro atoms. The molecule has 0 saturated carbocycles. The molecule has 1 heterocycles. The Bertz CT molecular complexity index is 579. The van der Waals surface area contributed by atoms with Gasteiger partial charge in [-0.15, -0.1) is 0 Å². The zero-order chi connectivity index (χ0) is 16.9. The number of aromatic nitrogens is 1. The highest BCUT2D eigenvalue weighted by Crippen LogP contribution is 2.28. The summed E-state index contributed by atoms with van der Waals surface area (Å²) in [6, 6.07) is 2.51. The summed E-state index contributed by atoms with van der Waals surface area (Å²) < 4.78 is 9.98. The van der Waals surface area contributed by atoms with Crippen molar-refractivity contribution in [2.75, 3.05) is 6.61 Å². The molecule has 0 unspecified atom stereocenters. The van der Waals surface area contributed by atoms with Crippen LogP contribution in [0.5, 0.6) is 0 Å². The predicted molar refractivity (Wildman–Crippen MR) is 76.1 cm³/mol. The first-order valence-electron chi connectivity index (χ1n) is 6.66. The minimum atomic E-state index is -1.60. The van der Waals surface area contributed by atoms with Gasteiger partial charge in [0.05, 0.1) is 11.5 Å². The molecule has 8 nitrogen and oxygen atoms in total. The first kappa shape index (κ1) is 17.5. The van der Waals surface area contributed by atoms with Gasteiger partial charge in [-0.25, -0.2) is 0 Å². The van der Waals surface area contributed by atoms with E-state index >= 15 is 0 Å². The van der Waals surface area contributed by atoms with Crippen molar-refractivity contribution in [1.29, 1.82) is 0 Å². The van der Waals surface area contributed by atoms with Gasteiger partial charge in [0.25, 0.3) is 5.69 Å². The highest BCUT2D eigenvalue weighted by atomic mass is 16.6. The number of rotatable bonds is 5. The van der Waals surface area contributed by atoms with Crippen molar-refractivity contribution >= 4 is 17.6 Å². The van der Waals surface area contributed by atoms with Crippen LogP contribution in [0.1, 0.15) is 39.3 Å². The summed E-state index contributed by atoms with van der Waals surface area (Å²) in [5.41, 5.74) is -1.59. The van der Waals surface area contributed by atoms with Crippen molar-refractivity contribution < 1.29 is 24.0 Å². The van der Waals surface area contributed by atoms with Gasteiger partial charge in [0.15, 0.2) is 0 Å². The number of hydrogen-bond acceptors (Lipinski definition) is 7. The highest BCUT2D eigenvalue weighted by Gasteiger charge is 2.39. The Kier molecular flexibility index (Phi) is 5.56. The molecule has 0 aliphatic carbocycles. The Balaban J connectivity index is 3.30. The number of pyridine rings is 1. The van der Waals surface area contributed by atoms with Gasteiger partial charge in [0, 0.05) is 12.3 Å². The van der Waals surface area contributed by atoms with E-state index in [0.29, 0.717) is 0 Å². The van der Waals surface area contributed by atoms with E-state index in [1.165, 1.54) is 18.3 Å². The number of esters is 2. The van der Waals surface area contributed by atoms with E-state index in [1.807, 2.05) is 0 Å². The van der Waals surface area contributed by atoms with Crippen LogP contribution in [0, 0.1) is 10.1 Å². The van der Waals surface area contributed by atoms with Gasteiger partial charge in [0.2, 0.25) is 5.92 Å². The summed E-state index contributed by atoms with van der Waals surface area (Å²) in [5.74, 6) is -3.47. The van der Waals surface area contributed by atoms with Crippen LogP contribution in [0.2, 0.25) is 0 Å². The van der Waals surface area contributed by atoms with Gasteiger partial charge in [-0.05, 0) is 33.8 Å². The molecule has 0 aliphatic rings. The van der Waals surface area contributed by atoms with E-state index in [9.17, 15) is 19.7 Å². The number of carbonyl (C=O) groups is 2. The van der Waals surface area contributed by atoms with Gasteiger partial charge >= 0.3 is 11.9 Å². The third-order valence-corrected chi connectivity index (χ3v) is 2.45. The molecular weight excluding hydrogens is 292 g/mol. The van der Waals surface area contributed by atoms with Crippen LogP contribution in [0.3, 0.4) is 0 Å². The van der Waals surface area contributed by atoms with E-state index < -0.39 is 34.1 Å². The van der Waals surface area contributed by atoms with Crippen LogP contribution in [0.15, 0.2) is 18.3 Å². The minimum Gasteiger partial charge on any atom is -0.465 e. The van der Waals surface area contributed by atoms with Crippen LogP contribution in [0.4, 0.5) is 5.69 Å². The zero-order valence-electron chi connectivity index (χ0n) is 12.9. The van der Waals surface area contributed by atoms with Crippen LogP contribution in [0.25, 0.3) is 0 Å². The Hall–Kier alpha value is -2.51. The van der Waals surface area contributed by atoms with E-state index in [0.717, 1.165) is 0 Å². The smallest absolute Gasteiger partial charge is 0.327 e. The fourth-order valence-corrected chi connectivity index (χ4v) is 1.69. The second-order valence-corrected chi connectivity index (χ2v) is 5.38. The Labute approximate surface area is 127 Å². The van der Waals surface area contributed by atoms with Crippen LogP contribution in [-0.4, -0.2) is 34.1 Å². The topological polar surface area (TPSA) is 109 Å². The third-order valence-electron chi connectivity index (χ3n) is 2.45. The van der Waals surface area contributed by atoms with E-state index in [4.69, 9.17) is 9.47 Å².